The van der Waals surface area contributed by atoms with E-state index in [0.717, 1.165) is 5.69 Å². The molecular weight excluding hydrogens is 356 g/mol. The fourth-order valence-electron chi connectivity index (χ4n) is 2.95. The largest absolute Gasteiger partial charge is 0.434 e. The second-order valence-corrected chi connectivity index (χ2v) is 6.12. The van der Waals surface area contributed by atoms with Gasteiger partial charge in [-0.2, -0.15) is 8.78 Å². The Morgan fingerprint density at radius 1 is 0.963 bits per heavy atom. The highest BCUT2D eigenvalue weighted by atomic mass is 19.3. The summed E-state index contributed by atoms with van der Waals surface area (Å²) in [4.78, 5) is 32.6. The number of ether oxygens (including phenoxy) is 1. The van der Waals surface area contributed by atoms with E-state index in [9.17, 15) is 18.4 Å². The van der Waals surface area contributed by atoms with Crippen molar-refractivity contribution in [1.82, 2.24) is 14.8 Å². The van der Waals surface area contributed by atoms with E-state index in [1.54, 1.807) is 23.1 Å². The lowest BCUT2D eigenvalue weighted by molar-refractivity contribution is -0.0503. The van der Waals surface area contributed by atoms with Crippen LogP contribution in [0.1, 0.15) is 26.5 Å². The van der Waals surface area contributed by atoms with Crippen LogP contribution in [-0.4, -0.2) is 59.4 Å². The molecule has 1 aromatic heterocycles. The fraction of sp³-hybridized carbons (Fsp3) is 0.316. The first-order chi connectivity index (χ1) is 13.0. The second kappa shape index (κ2) is 8.11. The van der Waals surface area contributed by atoms with Crippen molar-refractivity contribution in [3.63, 3.8) is 0 Å². The Balaban J connectivity index is 1.66. The summed E-state index contributed by atoms with van der Waals surface area (Å²) in [6, 6.07) is 11.2. The molecule has 27 heavy (non-hydrogen) atoms. The van der Waals surface area contributed by atoms with Gasteiger partial charge in [-0.1, -0.05) is 18.2 Å². The number of carbonyl (C=O) groups excluding carboxylic acids is 2. The number of hydrogen-bond acceptors (Lipinski definition) is 4. The molecule has 3 rings (SSSR count). The topological polar surface area (TPSA) is 62.7 Å². The van der Waals surface area contributed by atoms with Crippen molar-refractivity contribution in [2.24, 2.45) is 0 Å². The van der Waals surface area contributed by atoms with E-state index >= 15 is 0 Å². The van der Waals surface area contributed by atoms with E-state index in [0.29, 0.717) is 31.9 Å². The number of benzene rings is 1. The van der Waals surface area contributed by atoms with Crippen molar-refractivity contribution in [1.29, 1.82) is 0 Å². The van der Waals surface area contributed by atoms with Crippen molar-refractivity contribution in [2.75, 3.05) is 26.2 Å². The molecule has 0 unspecified atom stereocenters. The molecule has 0 atom stereocenters. The molecule has 2 heterocycles. The molecule has 0 radical (unpaired) electrons. The Hall–Kier alpha value is -3.03. The van der Waals surface area contributed by atoms with Gasteiger partial charge >= 0.3 is 6.61 Å². The molecule has 0 N–H and O–H groups in total. The number of alkyl halides is 2. The normalized spacial score (nSPS) is 14.4. The molecule has 8 heteroatoms. The van der Waals surface area contributed by atoms with Gasteiger partial charge in [-0.05, 0) is 31.2 Å². The van der Waals surface area contributed by atoms with Crippen LogP contribution in [-0.2, 0) is 0 Å². The van der Waals surface area contributed by atoms with Gasteiger partial charge in [0, 0.05) is 31.9 Å². The van der Waals surface area contributed by atoms with Gasteiger partial charge in [-0.25, -0.2) is 4.98 Å². The summed E-state index contributed by atoms with van der Waals surface area (Å²) in [5.41, 5.74) is 1.20. The van der Waals surface area contributed by atoms with Crippen molar-refractivity contribution in [2.45, 2.75) is 13.5 Å². The highest BCUT2D eigenvalue weighted by Gasteiger charge is 2.27. The van der Waals surface area contributed by atoms with E-state index in [4.69, 9.17) is 0 Å². The number of hydrogen-bond donors (Lipinski definition) is 0. The summed E-state index contributed by atoms with van der Waals surface area (Å²) < 4.78 is 29.5. The molecule has 0 aliphatic carbocycles. The lowest BCUT2D eigenvalue weighted by Crippen LogP contribution is -2.50. The molecule has 2 aromatic rings. The van der Waals surface area contributed by atoms with Crippen molar-refractivity contribution in [3.8, 4) is 5.75 Å². The van der Waals surface area contributed by atoms with E-state index in [2.05, 4.69) is 9.72 Å². The van der Waals surface area contributed by atoms with Crippen LogP contribution in [0.15, 0.2) is 42.5 Å². The van der Waals surface area contributed by atoms with Crippen LogP contribution in [0, 0.1) is 6.92 Å². The fourth-order valence-corrected chi connectivity index (χ4v) is 2.95. The summed E-state index contributed by atoms with van der Waals surface area (Å²) in [5.74, 6) is -0.737. The van der Waals surface area contributed by atoms with Crippen LogP contribution in [0.2, 0.25) is 0 Å². The molecule has 2 amide bonds. The second-order valence-electron chi connectivity index (χ2n) is 6.12. The SMILES string of the molecule is Cc1cccc(C(=O)N2CCN(C(=O)c3ccccc3OC(F)F)CC2)n1. The van der Waals surface area contributed by atoms with Crippen LogP contribution in [0.5, 0.6) is 5.75 Å². The van der Waals surface area contributed by atoms with Crippen molar-refractivity contribution < 1.29 is 23.1 Å². The maximum absolute atomic E-state index is 12.7. The number of carbonyl (C=O) groups is 2. The Bertz CT molecular complexity index is 836. The standard InChI is InChI=1S/C19H19F2N3O3/c1-13-5-4-7-15(22-13)18(26)24-11-9-23(10-12-24)17(25)14-6-2-3-8-16(14)27-19(20)21/h2-8,19H,9-12H2,1H3. The van der Waals surface area contributed by atoms with Gasteiger partial charge in [0.2, 0.25) is 0 Å². The van der Waals surface area contributed by atoms with E-state index < -0.39 is 12.5 Å². The number of aryl methyl sites for hydroxylation is 1. The first kappa shape index (κ1) is 18.8. The molecule has 1 aliphatic heterocycles. The highest BCUT2D eigenvalue weighted by Crippen LogP contribution is 2.22. The van der Waals surface area contributed by atoms with Crippen LogP contribution < -0.4 is 4.74 Å². The average molecular weight is 375 g/mol. The predicted molar refractivity (Wildman–Crippen MR) is 93.9 cm³/mol. The van der Waals surface area contributed by atoms with E-state index in [1.165, 1.54) is 23.1 Å². The number of halogens is 2. The third-order valence-electron chi connectivity index (χ3n) is 4.30. The van der Waals surface area contributed by atoms with Crippen LogP contribution in [0.3, 0.4) is 0 Å². The zero-order valence-corrected chi connectivity index (χ0v) is 14.8. The average Bonchev–Trinajstić information content (AvgIpc) is 2.67. The van der Waals surface area contributed by atoms with Crippen LogP contribution in [0.4, 0.5) is 8.78 Å². The molecule has 0 saturated carbocycles. The number of piperazine rings is 1. The molecule has 1 fully saturated rings. The molecule has 0 bridgehead atoms. The maximum atomic E-state index is 12.7. The highest BCUT2D eigenvalue weighted by molar-refractivity contribution is 5.97. The summed E-state index contributed by atoms with van der Waals surface area (Å²) in [6.45, 7) is 0.108. The summed E-state index contributed by atoms with van der Waals surface area (Å²) >= 11 is 0. The third-order valence-corrected chi connectivity index (χ3v) is 4.30. The zero-order valence-electron chi connectivity index (χ0n) is 14.8. The first-order valence-corrected chi connectivity index (χ1v) is 8.52. The smallest absolute Gasteiger partial charge is 0.387 e. The minimum Gasteiger partial charge on any atom is -0.434 e. The maximum Gasteiger partial charge on any atom is 0.387 e. The lowest BCUT2D eigenvalue weighted by atomic mass is 10.1. The summed E-state index contributed by atoms with van der Waals surface area (Å²) in [5, 5.41) is 0. The summed E-state index contributed by atoms with van der Waals surface area (Å²) in [6.07, 6.45) is 0. The monoisotopic (exact) mass is 375 g/mol. The van der Waals surface area contributed by atoms with Crippen LogP contribution in [0.25, 0.3) is 0 Å². The molecular formula is C19H19F2N3O3. The minimum absolute atomic E-state index is 0.0814. The third kappa shape index (κ3) is 4.39. The van der Waals surface area contributed by atoms with Gasteiger partial charge in [0.1, 0.15) is 11.4 Å². The molecule has 1 saturated heterocycles. The van der Waals surface area contributed by atoms with E-state index in [1.807, 2.05) is 13.0 Å². The molecule has 1 aromatic carbocycles. The Morgan fingerprint density at radius 3 is 2.22 bits per heavy atom. The number of rotatable bonds is 4. The van der Waals surface area contributed by atoms with Gasteiger partial charge in [0.15, 0.2) is 0 Å². The van der Waals surface area contributed by atoms with Gasteiger partial charge in [0.05, 0.1) is 5.56 Å². The summed E-state index contributed by atoms with van der Waals surface area (Å²) in [7, 11) is 0. The van der Waals surface area contributed by atoms with Gasteiger partial charge in [-0.15, -0.1) is 0 Å². The Morgan fingerprint density at radius 2 is 1.59 bits per heavy atom. The predicted octanol–water partition coefficient (Wildman–Crippen LogP) is 2.59. The molecule has 1 aliphatic rings. The number of pyridine rings is 1. The van der Waals surface area contributed by atoms with E-state index in [-0.39, 0.29) is 17.2 Å². The number of nitrogens with zero attached hydrogens (tertiary/aromatic N) is 3. The number of amides is 2. The van der Waals surface area contributed by atoms with Gasteiger partial charge in [0.25, 0.3) is 11.8 Å². The molecule has 6 nitrogen and oxygen atoms in total. The van der Waals surface area contributed by atoms with Gasteiger partial charge in [-0.3, -0.25) is 9.59 Å². The quantitative estimate of drug-likeness (QED) is 0.824. The lowest BCUT2D eigenvalue weighted by Gasteiger charge is -2.34. The molecule has 0 spiro atoms. The van der Waals surface area contributed by atoms with Gasteiger partial charge < -0.3 is 14.5 Å². The van der Waals surface area contributed by atoms with Crippen LogP contribution >= 0.6 is 0 Å². The Labute approximate surface area is 155 Å². The first-order valence-electron chi connectivity index (χ1n) is 8.52. The Kier molecular flexibility index (Phi) is 5.63. The number of para-hydroxylation sites is 1. The number of aromatic nitrogens is 1. The zero-order chi connectivity index (χ0) is 19.4. The molecule has 142 valence electrons. The van der Waals surface area contributed by atoms with Crippen molar-refractivity contribution >= 4 is 11.8 Å². The van der Waals surface area contributed by atoms with Crippen molar-refractivity contribution in [3.05, 3.63) is 59.4 Å². The minimum atomic E-state index is -3.00.